The van der Waals surface area contributed by atoms with E-state index in [1.165, 1.54) is 5.52 Å². The van der Waals surface area contributed by atoms with Crippen molar-refractivity contribution >= 4 is 11.0 Å². The van der Waals surface area contributed by atoms with E-state index in [0.29, 0.717) is 0 Å². The second kappa shape index (κ2) is 5.74. The van der Waals surface area contributed by atoms with Crippen LogP contribution in [0.5, 0.6) is 0 Å². The van der Waals surface area contributed by atoms with Gasteiger partial charge < -0.3 is 14.3 Å². The van der Waals surface area contributed by atoms with Crippen LogP contribution in [0.4, 0.5) is 0 Å². The maximum atomic E-state index is 5.65. The standard InChI is InChI=1S/C17H21N3O/c1-12-8-9-17(21-12)13(2)18-10-11-20-14(3)19-15-6-4-5-7-16(15)20/h4-9,13,18H,10-11H2,1-3H3. The molecule has 0 aliphatic heterocycles. The predicted molar refractivity (Wildman–Crippen MR) is 84.3 cm³/mol. The molecule has 0 saturated carbocycles. The van der Waals surface area contributed by atoms with Crippen LogP contribution >= 0.6 is 0 Å². The largest absolute Gasteiger partial charge is 0.465 e. The summed E-state index contributed by atoms with van der Waals surface area (Å²) in [4.78, 5) is 4.59. The molecular weight excluding hydrogens is 262 g/mol. The smallest absolute Gasteiger partial charge is 0.120 e. The molecule has 4 nitrogen and oxygen atoms in total. The molecule has 0 saturated heterocycles. The molecule has 1 aromatic carbocycles. The number of fused-ring (bicyclic) bond motifs is 1. The Morgan fingerprint density at radius 3 is 2.76 bits per heavy atom. The number of nitrogens with zero attached hydrogens (tertiary/aromatic N) is 2. The van der Waals surface area contributed by atoms with Crippen LogP contribution in [0.25, 0.3) is 11.0 Å². The lowest BCUT2D eigenvalue weighted by Gasteiger charge is -2.13. The van der Waals surface area contributed by atoms with Gasteiger partial charge in [-0.3, -0.25) is 0 Å². The molecule has 0 aliphatic carbocycles. The number of para-hydroxylation sites is 2. The van der Waals surface area contributed by atoms with Crippen LogP contribution in [0.15, 0.2) is 40.8 Å². The third kappa shape index (κ3) is 2.85. The lowest BCUT2D eigenvalue weighted by atomic mass is 10.2. The Balaban J connectivity index is 1.65. The maximum absolute atomic E-state index is 5.65. The normalized spacial score (nSPS) is 12.9. The molecule has 2 aromatic heterocycles. The van der Waals surface area contributed by atoms with Crippen molar-refractivity contribution < 1.29 is 4.42 Å². The van der Waals surface area contributed by atoms with Crippen LogP contribution in [-0.4, -0.2) is 16.1 Å². The van der Waals surface area contributed by atoms with E-state index in [9.17, 15) is 0 Å². The molecule has 0 bridgehead atoms. The van der Waals surface area contributed by atoms with Gasteiger partial charge in [-0.05, 0) is 45.0 Å². The minimum absolute atomic E-state index is 0.216. The van der Waals surface area contributed by atoms with E-state index in [2.05, 4.69) is 46.9 Å². The van der Waals surface area contributed by atoms with Crippen LogP contribution in [0.2, 0.25) is 0 Å². The highest BCUT2D eigenvalue weighted by Gasteiger charge is 2.10. The van der Waals surface area contributed by atoms with Gasteiger partial charge in [0, 0.05) is 13.1 Å². The van der Waals surface area contributed by atoms with Gasteiger partial charge in [0.1, 0.15) is 17.3 Å². The second-order valence-electron chi connectivity index (χ2n) is 5.42. The maximum Gasteiger partial charge on any atom is 0.120 e. The van der Waals surface area contributed by atoms with Crippen molar-refractivity contribution in [2.24, 2.45) is 0 Å². The number of benzene rings is 1. The third-order valence-corrected chi connectivity index (χ3v) is 3.82. The van der Waals surface area contributed by atoms with Crippen molar-refractivity contribution in [2.45, 2.75) is 33.4 Å². The van der Waals surface area contributed by atoms with E-state index in [-0.39, 0.29) is 6.04 Å². The predicted octanol–water partition coefficient (Wildman–Crippen LogP) is 3.60. The molecule has 110 valence electrons. The highest BCUT2D eigenvalue weighted by Crippen LogP contribution is 2.17. The lowest BCUT2D eigenvalue weighted by molar-refractivity contribution is 0.411. The van der Waals surface area contributed by atoms with Crippen LogP contribution in [0.3, 0.4) is 0 Å². The summed E-state index contributed by atoms with van der Waals surface area (Å²) in [6.07, 6.45) is 0. The topological polar surface area (TPSA) is 43.0 Å². The highest BCUT2D eigenvalue weighted by molar-refractivity contribution is 5.75. The molecule has 3 aromatic rings. The molecule has 2 heterocycles. The van der Waals surface area contributed by atoms with Crippen molar-refractivity contribution in [3.63, 3.8) is 0 Å². The van der Waals surface area contributed by atoms with Gasteiger partial charge in [0.25, 0.3) is 0 Å². The average molecular weight is 283 g/mol. The molecule has 0 aliphatic rings. The van der Waals surface area contributed by atoms with Crippen molar-refractivity contribution in [3.05, 3.63) is 53.7 Å². The second-order valence-corrected chi connectivity index (χ2v) is 5.42. The summed E-state index contributed by atoms with van der Waals surface area (Å²) in [5.74, 6) is 2.99. The first-order chi connectivity index (χ1) is 10.1. The number of aryl methyl sites for hydroxylation is 2. The summed E-state index contributed by atoms with van der Waals surface area (Å²) >= 11 is 0. The average Bonchev–Trinajstić information content (AvgIpc) is 3.03. The monoisotopic (exact) mass is 283 g/mol. The molecule has 0 amide bonds. The Bertz CT molecular complexity index is 741. The summed E-state index contributed by atoms with van der Waals surface area (Å²) < 4.78 is 7.90. The first-order valence-corrected chi connectivity index (χ1v) is 7.37. The van der Waals surface area contributed by atoms with Crippen LogP contribution in [0, 0.1) is 13.8 Å². The van der Waals surface area contributed by atoms with E-state index >= 15 is 0 Å². The number of imidazole rings is 1. The Morgan fingerprint density at radius 1 is 1.19 bits per heavy atom. The summed E-state index contributed by atoms with van der Waals surface area (Å²) in [5, 5.41) is 3.50. The quantitative estimate of drug-likeness (QED) is 0.778. The van der Waals surface area contributed by atoms with Gasteiger partial charge >= 0.3 is 0 Å². The fourth-order valence-electron chi connectivity index (χ4n) is 2.66. The Morgan fingerprint density at radius 2 is 2.00 bits per heavy atom. The summed E-state index contributed by atoms with van der Waals surface area (Å²) in [7, 11) is 0. The lowest BCUT2D eigenvalue weighted by Crippen LogP contribution is -2.23. The van der Waals surface area contributed by atoms with Gasteiger partial charge in [-0.1, -0.05) is 12.1 Å². The number of hydrogen-bond donors (Lipinski definition) is 1. The van der Waals surface area contributed by atoms with Crippen molar-refractivity contribution in [2.75, 3.05) is 6.54 Å². The number of aromatic nitrogens is 2. The van der Waals surface area contributed by atoms with E-state index < -0.39 is 0 Å². The van der Waals surface area contributed by atoms with Gasteiger partial charge in [0.15, 0.2) is 0 Å². The van der Waals surface area contributed by atoms with Crippen molar-refractivity contribution in [1.82, 2.24) is 14.9 Å². The minimum Gasteiger partial charge on any atom is -0.465 e. The van der Waals surface area contributed by atoms with Gasteiger partial charge in [-0.2, -0.15) is 0 Å². The number of hydrogen-bond acceptors (Lipinski definition) is 3. The summed E-state index contributed by atoms with van der Waals surface area (Å²) in [5.41, 5.74) is 2.25. The Kier molecular flexibility index (Phi) is 3.80. The number of furan rings is 1. The van der Waals surface area contributed by atoms with E-state index in [1.54, 1.807) is 0 Å². The van der Waals surface area contributed by atoms with Gasteiger partial charge in [0.05, 0.1) is 17.1 Å². The number of nitrogens with one attached hydrogen (secondary N) is 1. The third-order valence-electron chi connectivity index (χ3n) is 3.82. The van der Waals surface area contributed by atoms with Crippen LogP contribution < -0.4 is 5.32 Å². The fraction of sp³-hybridized carbons (Fsp3) is 0.353. The molecule has 1 N–H and O–H groups in total. The van der Waals surface area contributed by atoms with Crippen molar-refractivity contribution in [3.8, 4) is 0 Å². The Hall–Kier alpha value is -2.07. The van der Waals surface area contributed by atoms with Gasteiger partial charge in [-0.15, -0.1) is 0 Å². The molecule has 21 heavy (non-hydrogen) atoms. The van der Waals surface area contributed by atoms with E-state index in [0.717, 1.165) is 36.0 Å². The van der Waals surface area contributed by atoms with Crippen LogP contribution in [0.1, 0.15) is 30.3 Å². The molecule has 0 radical (unpaired) electrons. The first-order valence-electron chi connectivity index (χ1n) is 7.37. The first kappa shape index (κ1) is 13.9. The van der Waals surface area contributed by atoms with Crippen molar-refractivity contribution in [1.29, 1.82) is 0 Å². The Labute approximate surface area is 124 Å². The molecule has 0 spiro atoms. The van der Waals surface area contributed by atoms with Gasteiger partial charge in [0.2, 0.25) is 0 Å². The minimum atomic E-state index is 0.216. The zero-order chi connectivity index (χ0) is 14.8. The molecule has 3 rings (SSSR count). The molecule has 1 atom stereocenters. The number of rotatable bonds is 5. The highest BCUT2D eigenvalue weighted by atomic mass is 16.3. The van der Waals surface area contributed by atoms with E-state index in [4.69, 9.17) is 4.42 Å². The molecule has 0 fully saturated rings. The zero-order valence-corrected chi connectivity index (χ0v) is 12.8. The summed E-state index contributed by atoms with van der Waals surface area (Å²) in [6, 6.07) is 12.5. The molecule has 4 heteroatoms. The zero-order valence-electron chi connectivity index (χ0n) is 12.8. The fourth-order valence-corrected chi connectivity index (χ4v) is 2.66. The SMILES string of the molecule is Cc1ccc(C(C)NCCn2c(C)nc3ccccc32)o1. The molecule has 1 unspecified atom stereocenters. The van der Waals surface area contributed by atoms with E-state index in [1.807, 2.05) is 25.1 Å². The van der Waals surface area contributed by atoms with Gasteiger partial charge in [-0.25, -0.2) is 4.98 Å². The van der Waals surface area contributed by atoms with Crippen LogP contribution in [-0.2, 0) is 6.54 Å². The summed E-state index contributed by atoms with van der Waals surface area (Å²) in [6.45, 7) is 7.92. The molecular formula is C17H21N3O.